The largest absolute Gasteiger partial charge is 0.385 e. The molecular weight excluding hydrogens is 365 g/mol. The molecule has 0 bridgehead atoms. The molecule has 0 unspecified atom stereocenters. The van der Waals surface area contributed by atoms with Crippen molar-refractivity contribution in [2.45, 2.75) is 27.2 Å². The van der Waals surface area contributed by atoms with Crippen molar-refractivity contribution >= 4 is 5.71 Å². The van der Waals surface area contributed by atoms with Gasteiger partial charge in [0.1, 0.15) is 5.83 Å². The fourth-order valence-corrected chi connectivity index (χ4v) is 3.75. The van der Waals surface area contributed by atoms with E-state index in [1.54, 1.807) is 12.3 Å². The molecule has 3 rings (SSSR count). The number of aliphatic imine (C=N–C) groups is 1. The van der Waals surface area contributed by atoms with Crippen LogP contribution in [0.5, 0.6) is 0 Å². The van der Waals surface area contributed by atoms with Crippen molar-refractivity contribution in [1.82, 2.24) is 20.9 Å². The smallest absolute Gasteiger partial charge is 0.128 e. The van der Waals surface area contributed by atoms with Gasteiger partial charge in [0.25, 0.3) is 0 Å². The van der Waals surface area contributed by atoms with Crippen LogP contribution in [0, 0.1) is 0 Å². The molecule has 0 aromatic heterocycles. The standard InChI is InChI=1S/C23H32FN5/c1-4-6-18-12-20(24)19(13-21(18)27-7-5-2)15-28-22-16-26-14-17(3)23(22)29-10-8-25-9-11-29/h5-7,12-13,16,25-26,28H,4,8-11,14-15H2,1-3H3/b7-5-,18-6+,27-21+. The molecule has 0 aromatic carbocycles. The third-order valence-corrected chi connectivity index (χ3v) is 5.16. The molecule has 29 heavy (non-hydrogen) atoms. The van der Waals surface area contributed by atoms with Crippen molar-refractivity contribution in [2.24, 2.45) is 4.99 Å². The SMILES string of the molecule is C\C=C/N=C1\C=C(CNC2=CNCC(C)=C2N2CCNCC2)C(F)=C\C1=C/CC. The van der Waals surface area contributed by atoms with Gasteiger partial charge in [0.2, 0.25) is 0 Å². The Bertz CT molecular complexity index is 820. The van der Waals surface area contributed by atoms with Crippen LogP contribution in [0.4, 0.5) is 4.39 Å². The van der Waals surface area contributed by atoms with Crippen molar-refractivity contribution in [3.05, 3.63) is 70.6 Å². The first-order chi connectivity index (χ1) is 14.1. The molecule has 5 nitrogen and oxygen atoms in total. The van der Waals surface area contributed by atoms with E-state index in [1.807, 2.05) is 38.3 Å². The predicted molar refractivity (Wildman–Crippen MR) is 119 cm³/mol. The van der Waals surface area contributed by atoms with Crippen LogP contribution in [0.2, 0.25) is 0 Å². The van der Waals surface area contributed by atoms with Crippen LogP contribution >= 0.6 is 0 Å². The minimum atomic E-state index is -0.203. The number of allylic oxidation sites excluding steroid dienone is 5. The fraction of sp³-hybridized carbons (Fsp3) is 0.435. The minimum Gasteiger partial charge on any atom is -0.385 e. The average molecular weight is 398 g/mol. The van der Waals surface area contributed by atoms with Crippen LogP contribution in [0.25, 0.3) is 0 Å². The Balaban J connectivity index is 1.77. The third kappa shape index (κ3) is 5.26. The first kappa shape index (κ1) is 21.1. The number of halogens is 1. The third-order valence-electron chi connectivity index (χ3n) is 5.16. The Hall–Kier alpha value is -2.60. The maximum Gasteiger partial charge on any atom is 0.128 e. The van der Waals surface area contributed by atoms with Crippen molar-refractivity contribution in [2.75, 3.05) is 39.3 Å². The molecule has 0 amide bonds. The topological polar surface area (TPSA) is 51.7 Å². The van der Waals surface area contributed by atoms with E-state index in [4.69, 9.17) is 0 Å². The first-order valence-electron chi connectivity index (χ1n) is 10.4. The molecule has 0 aromatic rings. The van der Waals surface area contributed by atoms with E-state index in [-0.39, 0.29) is 5.83 Å². The summed E-state index contributed by atoms with van der Waals surface area (Å²) in [5, 5.41) is 10.2. The van der Waals surface area contributed by atoms with Crippen LogP contribution in [-0.4, -0.2) is 49.9 Å². The van der Waals surface area contributed by atoms with Crippen LogP contribution in [0.1, 0.15) is 27.2 Å². The predicted octanol–water partition coefficient (Wildman–Crippen LogP) is 3.30. The second-order valence-corrected chi connectivity index (χ2v) is 7.38. The molecule has 0 saturated carbocycles. The second kappa shape index (κ2) is 10.3. The van der Waals surface area contributed by atoms with Gasteiger partial charge in [-0.25, -0.2) is 4.39 Å². The molecule has 0 radical (unpaired) electrons. The van der Waals surface area contributed by atoms with Gasteiger partial charge >= 0.3 is 0 Å². The fourth-order valence-electron chi connectivity index (χ4n) is 3.75. The molecule has 1 fully saturated rings. The normalized spacial score (nSPS) is 23.3. The van der Waals surface area contributed by atoms with Gasteiger partial charge in [-0.3, -0.25) is 4.99 Å². The van der Waals surface area contributed by atoms with Crippen LogP contribution in [0.3, 0.4) is 0 Å². The molecule has 2 heterocycles. The number of rotatable bonds is 6. The Morgan fingerprint density at radius 1 is 1.28 bits per heavy atom. The van der Waals surface area contributed by atoms with E-state index in [0.29, 0.717) is 12.1 Å². The lowest BCUT2D eigenvalue weighted by atomic mass is 9.98. The van der Waals surface area contributed by atoms with Gasteiger partial charge in [0.05, 0.1) is 17.1 Å². The zero-order valence-electron chi connectivity index (χ0n) is 17.7. The molecule has 3 aliphatic rings. The highest BCUT2D eigenvalue weighted by Crippen LogP contribution is 2.25. The molecule has 0 spiro atoms. The molecule has 156 valence electrons. The van der Waals surface area contributed by atoms with Crippen molar-refractivity contribution in [1.29, 1.82) is 0 Å². The van der Waals surface area contributed by atoms with Crippen molar-refractivity contribution < 1.29 is 4.39 Å². The number of hydrogen-bond acceptors (Lipinski definition) is 5. The lowest BCUT2D eigenvalue weighted by Gasteiger charge is -2.36. The lowest BCUT2D eigenvalue weighted by Crippen LogP contribution is -2.45. The molecule has 2 aliphatic heterocycles. The van der Waals surface area contributed by atoms with Gasteiger partial charge in [-0.2, -0.15) is 0 Å². The van der Waals surface area contributed by atoms with Gasteiger partial charge in [-0.15, -0.1) is 0 Å². The second-order valence-electron chi connectivity index (χ2n) is 7.38. The minimum absolute atomic E-state index is 0.203. The number of hydrogen-bond donors (Lipinski definition) is 3. The zero-order chi connectivity index (χ0) is 20.6. The quantitative estimate of drug-likeness (QED) is 0.644. The summed E-state index contributed by atoms with van der Waals surface area (Å²) in [7, 11) is 0. The summed E-state index contributed by atoms with van der Waals surface area (Å²) < 4.78 is 14.8. The van der Waals surface area contributed by atoms with Gasteiger partial charge in [0, 0.05) is 57.2 Å². The van der Waals surface area contributed by atoms with Crippen LogP contribution in [-0.2, 0) is 0 Å². The average Bonchev–Trinajstić information content (AvgIpc) is 2.73. The lowest BCUT2D eigenvalue weighted by molar-refractivity contribution is 0.296. The maximum atomic E-state index is 14.8. The van der Waals surface area contributed by atoms with E-state index in [0.717, 1.165) is 56.1 Å². The Morgan fingerprint density at radius 2 is 2.07 bits per heavy atom. The molecular formula is C23H32FN5. The van der Waals surface area contributed by atoms with E-state index in [9.17, 15) is 4.39 Å². The molecule has 0 atom stereocenters. The summed E-state index contributed by atoms with van der Waals surface area (Å²) in [4.78, 5) is 6.89. The molecule has 3 N–H and O–H groups in total. The van der Waals surface area contributed by atoms with Crippen molar-refractivity contribution in [3.63, 3.8) is 0 Å². The van der Waals surface area contributed by atoms with Crippen LogP contribution < -0.4 is 16.0 Å². The van der Waals surface area contributed by atoms with Crippen LogP contribution in [0.15, 0.2) is 75.6 Å². The highest BCUT2D eigenvalue weighted by Gasteiger charge is 2.22. The van der Waals surface area contributed by atoms with Gasteiger partial charge in [-0.05, 0) is 43.6 Å². The summed E-state index contributed by atoms with van der Waals surface area (Å²) in [6.45, 7) is 11.3. The Morgan fingerprint density at radius 3 is 2.79 bits per heavy atom. The van der Waals surface area contributed by atoms with Gasteiger partial charge in [0.15, 0.2) is 0 Å². The summed E-state index contributed by atoms with van der Waals surface area (Å²) in [6, 6.07) is 0. The molecule has 1 aliphatic carbocycles. The number of dihydropyridines is 1. The maximum absolute atomic E-state index is 14.8. The number of nitrogens with one attached hydrogen (secondary N) is 3. The van der Waals surface area contributed by atoms with E-state index in [2.05, 4.69) is 32.8 Å². The first-order valence-corrected chi connectivity index (χ1v) is 10.4. The molecule has 6 heteroatoms. The zero-order valence-corrected chi connectivity index (χ0v) is 17.7. The number of piperazine rings is 1. The highest BCUT2D eigenvalue weighted by molar-refractivity contribution is 6.12. The van der Waals surface area contributed by atoms with Crippen molar-refractivity contribution in [3.8, 4) is 0 Å². The summed E-state index contributed by atoms with van der Waals surface area (Å²) >= 11 is 0. The van der Waals surface area contributed by atoms with E-state index >= 15 is 0 Å². The van der Waals surface area contributed by atoms with E-state index in [1.165, 1.54) is 11.3 Å². The Kier molecular flexibility index (Phi) is 7.47. The Labute approximate surface area is 173 Å². The van der Waals surface area contributed by atoms with Gasteiger partial charge < -0.3 is 20.9 Å². The summed E-state index contributed by atoms with van der Waals surface area (Å²) in [5.74, 6) is -0.203. The van der Waals surface area contributed by atoms with Gasteiger partial charge in [-0.1, -0.05) is 19.1 Å². The van der Waals surface area contributed by atoms with E-state index < -0.39 is 0 Å². The monoisotopic (exact) mass is 397 g/mol. The number of nitrogens with zero attached hydrogens (tertiary/aromatic N) is 2. The highest BCUT2D eigenvalue weighted by atomic mass is 19.1. The summed E-state index contributed by atoms with van der Waals surface area (Å²) in [6.07, 6.45) is 11.9. The summed E-state index contributed by atoms with van der Waals surface area (Å²) in [5.41, 5.74) is 5.81. The molecule has 1 saturated heterocycles.